The van der Waals surface area contributed by atoms with Gasteiger partial charge in [0.2, 0.25) is 11.9 Å². The summed E-state index contributed by atoms with van der Waals surface area (Å²) in [5.74, 6) is 0.896. The average Bonchev–Trinajstić information content (AvgIpc) is 2.72. The van der Waals surface area contributed by atoms with Gasteiger partial charge in [-0.05, 0) is 38.4 Å². The summed E-state index contributed by atoms with van der Waals surface area (Å²) in [6, 6.07) is 11.8. The Labute approximate surface area is 161 Å². The Balaban J connectivity index is 1.37. The molecule has 0 saturated carbocycles. The van der Waals surface area contributed by atoms with Crippen LogP contribution in [0.4, 0.5) is 5.95 Å². The third-order valence-corrected chi connectivity index (χ3v) is 5.21. The van der Waals surface area contributed by atoms with Crippen LogP contribution >= 0.6 is 0 Å². The lowest BCUT2D eigenvalue weighted by Crippen LogP contribution is -2.47. The Morgan fingerprint density at radius 1 is 1.04 bits per heavy atom. The zero-order valence-corrected chi connectivity index (χ0v) is 16.3. The van der Waals surface area contributed by atoms with Crippen molar-refractivity contribution in [1.29, 1.82) is 0 Å². The summed E-state index contributed by atoms with van der Waals surface area (Å²) < 4.78 is 0. The number of benzene rings is 1. The van der Waals surface area contributed by atoms with Gasteiger partial charge in [-0.3, -0.25) is 9.69 Å². The molecule has 144 valence electrons. The number of carbonyl (C=O) groups is 1. The molecule has 1 aliphatic heterocycles. The lowest BCUT2D eigenvalue weighted by atomic mass is 9.84. The predicted molar refractivity (Wildman–Crippen MR) is 108 cm³/mol. The SMILES string of the molecule is CC(C)(C(=O)NCCCN1CCN(c2ncccn2)CC1)c1ccccc1. The maximum atomic E-state index is 12.6. The second-order valence-corrected chi connectivity index (χ2v) is 7.48. The molecule has 3 rings (SSSR count). The van der Waals surface area contributed by atoms with Crippen molar-refractivity contribution in [1.82, 2.24) is 20.2 Å². The molecule has 0 bridgehead atoms. The van der Waals surface area contributed by atoms with Crippen LogP contribution in [0.25, 0.3) is 0 Å². The summed E-state index contributed by atoms with van der Waals surface area (Å²) in [4.78, 5) is 25.9. The fraction of sp³-hybridized carbons (Fsp3) is 0.476. The second-order valence-electron chi connectivity index (χ2n) is 7.48. The number of hydrogen-bond donors (Lipinski definition) is 1. The molecule has 2 heterocycles. The number of aromatic nitrogens is 2. The van der Waals surface area contributed by atoms with E-state index in [4.69, 9.17) is 0 Å². The van der Waals surface area contributed by atoms with Gasteiger partial charge in [0.15, 0.2) is 0 Å². The van der Waals surface area contributed by atoms with E-state index in [1.165, 1.54) is 0 Å². The van der Waals surface area contributed by atoms with Crippen LogP contribution in [0.1, 0.15) is 25.8 Å². The van der Waals surface area contributed by atoms with Gasteiger partial charge < -0.3 is 10.2 Å². The van der Waals surface area contributed by atoms with E-state index in [-0.39, 0.29) is 5.91 Å². The first-order valence-electron chi connectivity index (χ1n) is 9.65. The Hall–Kier alpha value is -2.47. The lowest BCUT2D eigenvalue weighted by Gasteiger charge is -2.34. The molecule has 6 heteroatoms. The molecule has 1 saturated heterocycles. The second kappa shape index (κ2) is 8.95. The maximum absolute atomic E-state index is 12.6. The summed E-state index contributed by atoms with van der Waals surface area (Å²) in [6.07, 6.45) is 4.53. The number of nitrogens with zero attached hydrogens (tertiary/aromatic N) is 4. The van der Waals surface area contributed by atoms with E-state index in [0.717, 1.165) is 50.7 Å². The normalized spacial score (nSPS) is 15.6. The quantitative estimate of drug-likeness (QED) is 0.759. The van der Waals surface area contributed by atoms with Crippen molar-refractivity contribution in [3.63, 3.8) is 0 Å². The predicted octanol–water partition coefficient (Wildman–Crippen LogP) is 2.08. The molecule has 0 spiro atoms. The van der Waals surface area contributed by atoms with Crippen LogP contribution in [0.2, 0.25) is 0 Å². The van der Waals surface area contributed by atoms with Gasteiger partial charge in [-0.1, -0.05) is 30.3 Å². The van der Waals surface area contributed by atoms with Gasteiger partial charge in [-0.2, -0.15) is 0 Å². The van der Waals surface area contributed by atoms with Crippen LogP contribution in [0.3, 0.4) is 0 Å². The standard InChI is InChI=1S/C21H29N5O/c1-21(2,18-8-4-3-5-9-18)19(27)22-12-7-13-25-14-16-26(17-15-25)20-23-10-6-11-24-20/h3-6,8-11H,7,12-17H2,1-2H3,(H,22,27). The first-order valence-corrected chi connectivity index (χ1v) is 9.65. The number of rotatable bonds is 7. The molecule has 1 aromatic carbocycles. The average molecular weight is 367 g/mol. The highest BCUT2D eigenvalue weighted by atomic mass is 16.2. The van der Waals surface area contributed by atoms with Gasteiger partial charge in [-0.15, -0.1) is 0 Å². The minimum absolute atomic E-state index is 0.0831. The first-order chi connectivity index (χ1) is 13.1. The Kier molecular flexibility index (Phi) is 6.40. The van der Waals surface area contributed by atoms with Crippen molar-refractivity contribution in [2.75, 3.05) is 44.2 Å². The summed E-state index contributed by atoms with van der Waals surface area (Å²) in [7, 11) is 0. The minimum Gasteiger partial charge on any atom is -0.355 e. The number of amides is 1. The van der Waals surface area contributed by atoms with E-state index in [1.807, 2.05) is 50.2 Å². The number of nitrogens with one attached hydrogen (secondary N) is 1. The largest absolute Gasteiger partial charge is 0.355 e. The monoisotopic (exact) mass is 367 g/mol. The van der Waals surface area contributed by atoms with Crippen molar-refractivity contribution in [3.05, 3.63) is 54.4 Å². The van der Waals surface area contributed by atoms with Crippen molar-refractivity contribution in [3.8, 4) is 0 Å². The highest BCUT2D eigenvalue weighted by Gasteiger charge is 2.29. The number of hydrogen-bond acceptors (Lipinski definition) is 5. The molecular weight excluding hydrogens is 338 g/mol. The van der Waals surface area contributed by atoms with Crippen molar-refractivity contribution in [2.45, 2.75) is 25.7 Å². The van der Waals surface area contributed by atoms with E-state index >= 15 is 0 Å². The molecule has 1 aromatic heterocycles. The number of anilines is 1. The maximum Gasteiger partial charge on any atom is 0.230 e. The zero-order valence-electron chi connectivity index (χ0n) is 16.3. The summed E-state index contributed by atoms with van der Waals surface area (Å²) in [5.41, 5.74) is 0.532. The molecule has 6 nitrogen and oxygen atoms in total. The topological polar surface area (TPSA) is 61.4 Å². The summed E-state index contributed by atoms with van der Waals surface area (Å²) in [6.45, 7) is 9.54. The molecular formula is C21H29N5O. The van der Waals surface area contributed by atoms with Gasteiger partial charge in [-0.25, -0.2) is 9.97 Å². The van der Waals surface area contributed by atoms with Crippen LogP contribution in [-0.4, -0.2) is 60.0 Å². The van der Waals surface area contributed by atoms with E-state index in [0.29, 0.717) is 6.54 Å². The first kappa shape index (κ1) is 19.3. The fourth-order valence-corrected chi connectivity index (χ4v) is 3.34. The minimum atomic E-state index is -0.511. The molecule has 1 amide bonds. The fourth-order valence-electron chi connectivity index (χ4n) is 3.34. The molecule has 1 N–H and O–H groups in total. The van der Waals surface area contributed by atoms with Gasteiger partial charge in [0.25, 0.3) is 0 Å². The molecule has 1 aliphatic rings. The van der Waals surface area contributed by atoms with E-state index in [1.54, 1.807) is 12.4 Å². The van der Waals surface area contributed by atoms with Crippen LogP contribution in [0, 0.1) is 0 Å². The Morgan fingerprint density at radius 2 is 1.70 bits per heavy atom. The number of carbonyl (C=O) groups excluding carboxylic acids is 1. The molecule has 2 aromatic rings. The molecule has 0 atom stereocenters. The van der Waals surface area contributed by atoms with Gasteiger partial charge in [0, 0.05) is 45.1 Å². The summed E-state index contributed by atoms with van der Waals surface area (Å²) >= 11 is 0. The molecule has 0 radical (unpaired) electrons. The molecule has 0 aliphatic carbocycles. The zero-order chi connectivity index (χ0) is 19.1. The Bertz CT molecular complexity index is 712. The van der Waals surface area contributed by atoms with Gasteiger partial charge in [0.1, 0.15) is 0 Å². The van der Waals surface area contributed by atoms with E-state index in [2.05, 4.69) is 25.1 Å². The summed E-state index contributed by atoms with van der Waals surface area (Å²) in [5, 5.41) is 3.10. The van der Waals surface area contributed by atoms with Crippen LogP contribution < -0.4 is 10.2 Å². The van der Waals surface area contributed by atoms with Gasteiger partial charge >= 0.3 is 0 Å². The van der Waals surface area contributed by atoms with Crippen molar-refractivity contribution < 1.29 is 4.79 Å². The lowest BCUT2D eigenvalue weighted by molar-refractivity contribution is -0.125. The number of piperazine rings is 1. The van der Waals surface area contributed by atoms with E-state index in [9.17, 15) is 4.79 Å². The highest BCUT2D eigenvalue weighted by Crippen LogP contribution is 2.22. The smallest absolute Gasteiger partial charge is 0.230 e. The third-order valence-electron chi connectivity index (χ3n) is 5.21. The van der Waals surface area contributed by atoms with Crippen LogP contribution in [-0.2, 0) is 10.2 Å². The van der Waals surface area contributed by atoms with Crippen LogP contribution in [0.15, 0.2) is 48.8 Å². The molecule has 1 fully saturated rings. The highest BCUT2D eigenvalue weighted by molar-refractivity contribution is 5.87. The third kappa shape index (κ3) is 5.04. The van der Waals surface area contributed by atoms with E-state index < -0.39 is 5.41 Å². The van der Waals surface area contributed by atoms with Crippen molar-refractivity contribution >= 4 is 11.9 Å². The molecule has 0 unspecified atom stereocenters. The van der Waals surface area contributed by atoms with Crippen molar-refractivity contribution in [2.24, 2.45) is 0 Å². The van der Waals surface area contributed by atoms with Crippen LogP contribution in [0.5, 0.6) is 0 Å². The Morgan fingerprint density at radius 3 is 2.37 bits per heavy atom. The molecule has 27 heavy (non-hydrogen) atoms. The van der Waals surface area contributed by atoms with Gasteiger partial charge in [0.05, 0.1) is 5.41 Å².